The summed E-state index contributed by atoms with van der Waals surface area (Å²) in [6.45, 7) is 6.60. The van der Waals surface area contributed by atoms with Crippen molar-refractivity contribution in [3.63, 3.8) is 0 Å². The van der Waals surface area contributed by atoms with Gasteiger partial charge in [-0.25, -0.2) is 8.42 Å². The van der Waals surface area contributed by atoms with Crippen LogP contribution in [0.5, 0.6) is 5.75 Å². The van der Waals surface area contributed by atoms with E-state index in [1.807, 2.05) is 51.1 Å². The highest BCUT2D eigenvalue weighted by atomic mass is 35.5. The van der Waals surface area contributed by atoms with E-state index in [1.165, 1.54) is 15.6 Å². The normalized spacial score (nSPS) is 13.2. The van der Waals surface area contributed by atoms with Gasteiger partial charge in [-0.05, 0) is 67.6 Å². The van der Waals surface area contributed by atoms with Crippen LogP contribution >= 0.6 is 22.9 Å². The SMILES string of the molecule is CCCN(CC(C)Oc1cccc(C)c1)S(=O)(=O)c1cc2cc(Cl)ccc2s1. The van der Waals surface area contributed by atoms with E-state index in [2.05, 4.69) is 0 Å². The van der Waals surface area contributed by atoms with Gasteiger partial charge in [-0.2, -0.15) is 4.31 Å². The minimum absolute atomic E-state index is 0.271. The van der Waals surface area contributed by atoms with Crippen LogP contribution in [0.2, 0.25) is 5.02 Å². The molecule has 0 amide bonds. The zero-order chi connectivity index (χ0) is 20.3. The van der Waals surface area contributed by atoms with Crippen LogP contribution in [0.1, 0.15) is 25.8 Å². The highest BCUT2D eigenvalue weighted by Gasteiger charge is 2.28. The molecular weight excluding hydrogens is 414 g/mol. The van der Waals surface area contributed by atoms with Gasteiger partial charge in [0.2, 0.25) is 0 Å². The summed E-state index contributed by atoms with van der Waals surface area (Å²) in [6, 6.07) is 14.9. The number of fused-ring (bicyclic) bond motifs is 1. The standard InChI is InChI=1S/C21H24ClNO3S2/c1-4-10-23(14-16(3)26-19-7-5-6-15(2)11-19)28(24,25)21-13-17-12-18(22)8-9-20(17)27-21/h5-9,11-13,16H,4,10,14H2,1-3H3. The molecule has 0 spiro atoms. The fourth-order valence-corrected chi connectivity index (χ4v) is 6.37. The molecule has 0 aliphatic rings. The van der Waals surface area contributed by atoms with E-state index >= 15 is 0 Å². The Morgan fingerprint density at radius 1 is 1.18 bits per heavy atom. The quantitative estimate of drug-likeness (QED) is 0.452. The molecule has 1 unspecified atom stereocenters. The van der Waals surface area contributed by atoms with Crippen molar-refractivity contribution in [3.05, 3.63) is 59.1 Å². The smallest absolute Gasteiger partial charge is 0.252 e. The minimum Gasteiger partial charge on any atom is -0.489 e. The number of halogens is 1. The number of hydrogen-bond donors (Lipinski definition) is 0. The maximum atomic E-state index is 13.3. The molecule has 3 rings (SSSR count). The van der Waals surface area contributed by atoms with Crippen LogP contribution in [-0.2, 0) is 10.0 Å². The summed E-state index contributed by atoms with van der Waals surface area (Å²) in [6.07, 6.45) is 0.458. The molecule has 150 valence electrons. The van der Waals surface area contributed by atoms with Crippen LogP contribution in [0.3, 0.4) is 0 Å². The molecule has 0 aliphatic carbocycles. The molecule has 0 aliphatic heterocycles. The number of rotatable bonds is 8. The highest BCUT2D eigenvalue weighted by molar-refractivity contribution is 7.91. The van der Waals surface area contributed by atoms with E-state index in [1.54, 1.807) is 18.2 Å². The Labute approximate surface area is 175 Å². The zero-order valence-electron chi connectivity index (χ0n) is 16.2. The predicted octanol–water partition coefficient (Wildman–Crippen LogP) is 5.73. The van der Waals surface area contributed by atoms with Gasteiger partial charge in [-0.15, -0.1) is 11.3 Å². The summed E-state index contributed by atoms with van der Waals surface area (Å²) >= 11 is 7.31. The fraction of sp³-hybridized carbons (Fsp3) is 0.333. The molecule has 1 aromatic heterocycles. The molecule has 1 heterocycles. The van der Waals surface area contributed by atoms with Crippen molar-refractivity contribution in [1.82, 2.24) is 4.31 Å². The van der Waals surface area contributed by atoms with Crippen molar-refractivity contribution in [2.45, 2.75) is 37.5 Å². The third kappa shape index (κ3) is 4.87. The Bertz CT molecular complexity index is 1060. The van der Waals surface area contributed by atoms with Crippen molar-refractivity contribution in [3.8, 4) is 5.75 Å². The number of ether oxygens (including phenoxy) is 1. The zero-order valence-corrected chi connectivity index (χ0v) is 18.6. The van der Waals surface area contributed by atoms with Gasteiger partial charge in [0.25, 0.3) is 10.0 Å². The van der Waals surface area contributed by atoms with Gasteiger partial charge in [0.1, 0.15) is 16.1 Å². The summed E-state index contributed by atoms with van der Waals surface area (Å²) in [7, 11) is -3.60. The van der Waals surface area contributed by atoms with E-state index in [0.717, 1.165) is 27.8 Å². The van der Waals surface area contributed by atoms with Crippen molar-refractivity contribution in [2.24, 2.45) is 0 Å². The van der Waals surface area contributed by atoms with E-state index < -0.39 is 10.0 Å². The molecule has 3 aromatic rings. The van der Waals surface area contributed by atoms with E-state index in [9.17, 15) is 8.42 Å². The van der Waals surface area contributed by atoms with Crippen LogP contribution in [-0.4, -0.2) is 31.9 Å². The Morgan fingerprint density at radius 2 is 1.96 bits per heavy atom. The molecule has 2 aromatic carbocycles. The molecule has 7 heteroatoms. The lowest BCUT2D eigenvalue weighted by Gasteiger charge is -2.25. The van der Waals surface area contributed by atoms with E-state index in [4.69, 9.17) is 16.3 Å². The third-order valence-corrected chi connectivity index (χ3v) is 7.98. The monoisotopic (exact) mass is 437 g/mol. The number of sulfonamides is 1. The molecule has 28 heavy (non-hydrogen) atoms. The lowest BCUT2D eigenvalue weighted by molar-refractivity contribution is 0.186. The average molecular weight is 438 g/mol. The first-order valence-corrected chi connectivity index (χ1v) is 11.9. The van der Waals surface area contributed by atoms with Crippen LogP contribution < -0.4 is 4.74 Å². The van der Waals surface area contributed by atoms with E-state index in [0.29, 0.717) is 22.3 Å². The van der Waals surface area contributed by atoms with Crippen molar-refractivity contribution >= 4 is 43.0 Å². The van der Waals surface area contributed by atoms with Gasteiger partial charge < -0.3 is 4.74 Å². The summed E-state index contributed by atoms with van der Waals surface area (Å²) in [5, 5.41) is 1.44. The van der Waals surface area contributed by atoms with Gasteiger partial charge >= 0.3 is 0 Å². The van der Waals surface area contributed by atoms with Crippen molar-refractivity contribution in [2.75, 3.05) is 13.1 Å². The molecule has 4 nitrogen and oxygen atoms in total. The van der Waals surface area contributed by atoms with Gasteiger partial charge in [-0.1, -0.05) is 30.7 Å². The molecular formula is C21H24ClNO3S2. The number of aryl methyl sites for hydroxylation is 1. The second-order valence-corrected chi connectivity index (χ2v) is 10.5. The molecule has 0 saturated carbocycles. The molecule has 1 atom stereocenters. The maximum absolute atomic E-state index is 13.3. The first-order chi connectivity index (χ1) is 13.3. The lowest BCUT2D eigenvalue weighted by atomic mass is 10.2. The molecule has 0 bridgehead atoms. The Hall–Kier alpha value is -1.60. The Morgan fingerprint density at radius 3 is 2.68 bits per heavy atom. The first kappa shape index (κ1) is 21.1. The molecule has 0 saturated heterocycles. The topological polar surface area (TPSA) is 46.6 Å². The summed E-state index contributed by atoms with van der Waals surface area (Å²) in [5.74, 6) is 0.748. The maximum Gasteiger partial charge on any atom is 0.252 e. The van der Waals surface area contributed by atoms with Crippen LogP contribution in [0.25, 0.3) is 10.1 Å². The number of hydrogen-bond acceptors (Lipinski definition) is 4. The largest absolute Gasteiger partial charge is 0.489 e. The number of benzene rings is 2. The van der Waals surface area contributed by atoms with Crippen LogP contribution in [0.4, 0.5) is 0 Å². The number of thiophene rings is 1. The van der Waals surface area contributed by atoms with Gasteiger partial charge in [0, 0.05) is 16.3 Å². The highest BCUT2D eigenvalue weighted by Crippen LogP contribution is 2.32. The minimum atomic E-state index is -3.60. The molecule has 0 fully saturated rings. The van der Waals surface area contributed by atoms with Crippen LogP contribution in [0, 0.1) is 6.92 Å². The number of nitrogens with zero attached hydrogens (tertiary/aromatic N) is 1. The van der Waals surface area contributed by atoms with Crippen molar-refractivity contribution < 1.29 is 13.2 Å². The lowest BCUT2D eigenvalue weighted by Crippen LogP contribution is -2.38. The second kappa shape index (κ2) is 8.82. The first-order valence-electron chi connectivity index (χ1n) is 9.22. The van der Waals surface area contributed by atoms with Gasteiger partial charge in [0.05, 0.1) is 6.54 Å². The summed E-state index contributed by atoms with van der Waals surface area (Å²) in [5.41, 5.74) is 1.10. The molecule has 0 radical (unpaired) electrons. The fourth-order valence-electron chi connectivity index (χ4n) is 3.05. The van der Waals surface area contributed by atoms with E-state index in [-0.39, 0.29) is 6.10 Å². The van der Waals surface area contributed by atoms with Gasteiger partial charge in [-0.3, -0.25) is 0 Å². The average Bonchev–Trinajstić information content (AvgIpc) is 3.05. The summed E-state index contributed by atoms with van der Waals surface area (Å²) < 4.78 is 35.2. The second-order valence-electron chi connectivity index (χ2n) is 6.86. The van der Waals surface area contributed by atoms with Crippen LogP contribution in [0.15, 0.2) is 52.7 Å². The summed E-state index contributed by atoms with van der Waals surface area (Å²) in [4.78, 5) is 0. The Kier molecular flexibility index (Phi) is 6.65. The van der Waals surface area contributed by atoms with Gasteiger partial charge in [0.15, 0.2) is 0 Å². The predicted molar refractivity (Wildman–Crippen MR) is 117 cm³/mol. The molecule has 0 N–H and O–H groups in total. The van der Waals surface area contributed by atoms with Crippen molar-refractivity contribution in [1.29, 1.82) is 0 Å². The third-order valence-electron chi connectivity index (χ3n) is 4.31. The Balaban J connectivity index is 1.82.